The van der Waals surface area contributed by atoms with E-state index in [1.807, 2.05) is 0 Å². The first-order chi connectivity index (χ1) is 12.8. The SMILES string of the molecule is C[NH+]1CCN(c2ccc([N+](=O)[O-])cc2C(=O)Nc2ccc(Cl)c(Cl)c2)CC1. The summed E-state index contributed by atoms with van der Waals surface area (Å²) in [7, 11) is 2.12. The highest BCUT2D eigenvalue weighted by molar-refractivity contribution is 6.42. The second-order valence-corrected chi connectivity index (χ2v) is 7.30. The van der Waals surface area contributed by atoms with E-state index in [9.17, 15) is 14.9 Å². The first-order valence-corrected chi connectivity index (χ1v) is 9.22. The van der Waals surface area contributed by atoms with Gasteiger partial charge in [0.05, 0.1) is 59.4 Å². The second kappa shape index (κ2) is 8.12. The van der Waals surface area contributed by atoms with Crippen LogP contribution in [0.5, 0.6) is 0 Å². The molecule has 3 rings (SSSR count). The molecule has 0 bridgehead atoms. The molecule has 0 atom stereocenters. The third-order valence-corrected chi connectivity index (χ3v) is 5.31. The number of amides is 1. The minimum absolute atomic E-state index is 0.127. The lowest BCUT2D eigenvalue weighted by Crippen LogP contribution is -3.12. The van der Waals surface area contributed by atoms with Gasteiger partial charge in [-0.1, -0.05) is 23.2 Å². The zero-order valence-electron chi connectivity index (χ0n) is 14.7. The van der Waals surface area contributed by atoms with Crippen molar-refractivity contribution in [3.63, 3.8) is 0 Å². The number of hydrogen-bond acceptors (Lipinski definition) is 4. The zero-order chi connectivity index (χ0) is 19.6. The van der Waals surface area contributed by atoms with Gasteiger partial charge < -0.3 is 15.1 Å². The van der Waals surface area contributed by atoms with Gasteiger partial charge in [0.15, 0.2) is 0 Å². The number of nitro benzene ring substituents is 1. The standard InChI is InChI=1S/C18H18Cl2N4O3/c1-22-6-8-23(9-7-22)17-5-3-13(24(26)27)11-14(17)18(25)21-12-2-4-15(19)16(20)10-12/h2-5,10-11H,6-9H2,1H3,(H,21,25)/p+1. The Morgan fingerprint density at radius 3 is 2.48 bits per heavy atom. The van der Waals surface area contributed by atoms with Crippen molar-refractivity contribution >= 4 is 46.2 Å². The third kappa shape index (κ3) is 4.50. The van der Waals surface area contributed by atoms with E-state index in [1.165, 1.54) is 23.1 Å². The fraction of sp³-hybridized carbons (Fsp3) is 0.278. The molecule has 0 saturated carbocycles. The third-order valence-electron chi connectivity index (χ3n) is 4.57. The van der Waals surface area contributed by atoms with Gasteiger partial charge in [-0.15, -0.1) is 0 Å². The molecule has 27 heavy (non-hydrogen) atoms. The molecule has 0 unspecified atom stereocenters. The maximum Gasteiger partial charge on any atom is 0.270 e. The van der Waals surface area contributed by atoms with E-state index in [1.54, 1.807) is 18.2 Å². The number of rotatable bonds is 4. The molecule has 1 fully saturated rings. The van der Waals surface area contributed by atoms with Gasteiger partial charge in [-0.05, 0) is 24.3 Å². The molecule has 9 heteroatoms. The van der Waals surface area contributed by atoms with E-state index in [-0.39, 0.29) is 11.3 Å². The number of likely N-dealkylation sites (N-methyl/N-ethyl adjacent to an activating group) is 1. The van der Waals surface area contributed by atoms with Gasteiger partial charge in [-0.2, -0.15) is 0 Å². The summed E-state index contributed by atoms with van der Waals surface area (Å²) < 4.78 is 0. The lowest BCUT2D eigenvalue weighted by atomic mass is 10.1. The zero-order valence-corrected chi connectivity index (χ0v) is 16.2. The number of hydrogen-bond donors (Lipinski definition) is 2. The minimum atomic E-state index is -0.506. The van der Waals surface area contributed by atoms with Gasteiger partial charge in [0, 0.05) is 17.8 Å². The molecular weight excluding hydrogens is 391 g/mol. The molecule has 0 aliphatic carbocycles. The van der Waals surface area contributed by atoms with Crippen LogP contribution in [0, 0.1) is 10.1 Å². The van der Waals surface area contributed by atoms with Crippen LogP contribution in [-0.2, 0) is 0 Å². The number of anilines is 2. The van der Waals surface area contributed by atoms with Crippen LogP contribution in [-0.4, -0.2) is 44.1 Å². The Morgan fingerprint density at radius 1 is 1.15 bits per heavy atom. The van der Waals surface area contributed by atoms with E-state index in [0.29, 0.717) is 21.4 Å². The number of halogens is 2. The lowest BCUT2D eigenvalue weighted by molar-refractivity contribution is -0.880. The number of nitrogens with one attached hydrogen (secondary N) is 2. The number of nitro groups is 1. The van der Waals surface area contributed by atoms with Gasteiger partial charge >= 0.3 is 0 Å². The van der Waals surface area contributed by atoms with Crippen molar-refractivity contribution in [3.8, 4) is 0 Å². The first-order valence-electron chi connectivity index (χ1n) is 8.46. The van der Waals surface area contributed by atoms with Crippen molar-refractivity contribution in [2.75, 3.05) is 43.4 Å². The van der Waals surface area contributed by atoms with Gasteiger partial charge in [-0.25, -0.2) is 0 Å². The minimum Gasteiger partial charge on any atom is -0.360 e. The monoisotopic (exact) mass is 409 g/mol. The van der Waals surface area contributed by atoms with E-state index >= 15 is 0 Å². The smallest absolute Gasteiger partial charge is 0.270 e. The Labute approximate surface area is 166 Å². The Hall–Kier alpha value is -2.35. The number of carbonyl (C=O) groups is 1. The number of carbonyl (C=O) groups excluding carboxylic acids is 1. The molecule has 1 heterocycles. The molecule has 1 saturated heterocycles. The van der Waals surface area contributed by atoms with Crippen molar-refractivity contribution in [2.24, 2.45) is 0 Å². The van der Waals surface area contributed by atoms with Gasteiger partial charge in [0.25, 0.3) is 11.6 Å². The molecule has 7 nitrogen and oxygen atoms in total. The predicted molar refractivity (Wildman–Crippen MR) is 106 cm³/mol. The molecule has 0 spiro atoms. The average Bonchev–Trinajstić information content (AvgIpc) is 2.65. The Kier molecular flexibility index (Phi) is 5.84. The maximum absolute atomic E-state index is 12.9. The molecule has 2 aromatic rings. The van der Waals surface area contributed by atoms with Crippen molar-refractivity contribution in [1.29, 1.82) is 0 Å². The molecule has 2 N–H and O–H groups in total. The summed E-state index contributed by atoms with van der Waals surface area (Å²) in [4.78, 5) is 27.0. The van der Waals surface area contributed by atoms with Crippen LogP contribution in [0.3, 0.4) is 0 Å². The fourth-order valence-corrected chi connectivity index (χ4v) is 3.29. The second-order valence-electron chi connectivity index (χ2n) is 6.49. The Balaban J connectivity index is 1.92. The highest BCUT2D eigenvalue weighted by atomic mass is 35.5. The van der Waals surface area contributed by atoms with Crippen molar-refractivity contribution < 1.29 is 14.6 Å². The number of non-ortho nitro benzene ring substituents is 1. The van der Waals surface area contributed by atoms with Crippen molar-refractivity contribution in [2.45, 2.75) is 0 Å². The van der Waals surface area contributed by atoms with Crippen LogP contribution in [0.4, 0.5) is 17.1 Å². The van der Waals surface area contributed by atoms with E-state index in [0.717, 1.165) is 26.2 Å². The van der Waals surface area contributed by atoms with Crippen LogP contribution in [0.2, 0.25) is 10.0 Å². The van der Waals surface area contributed by atoms with Crippen LogP contribution in [0.25, 0.3) is 0 Å². The predicted octanol–water partition coefficient (Wildman–Crippen LogP) is 2.49. The van der Waals surface area contributed by atoms with Crippen LogP contribution >= 0.6 is 23.2 Å². The average molecular weight is 410 g/mol. The number of piperazine rings is 1. The van der Waals surface area contributed by atoms with Crippen LogP contribution in [0.1, 0.15) is 10.4 Å². The Bertz CT molecular complexity index is 883. The number of benzene rings is 2. The van der Waals surface area contributed by atoms with Crippen LogP contribution in [0.15, 0.2) is 36.4 Å². The maximum atomic E-state index is 12.9. The normalized spacial score (nSPS) is 14.9. The van der Waals surface area contributed by atoms with E-state index in [2.05, 4.69) is 17.3 Å². The molecule has 142 valence electrons. The van der Waals surface area contributed by atoms with Crippen molar-refractivity contribution in [1.82, 2.24) is 0 Å². The van der Waals surface area contributed by atoms with Gasteiger partial charge in [-0.3, -0.25) is 14.9 Å². The molecule has 1 amide bonds. The lowest BCUT2D eigenvalue weighted by Gasteiger charge is -2.32. The highest BCUT2D eigenvalue weighted by Gasteiger charge is 2.24. The molecule has 0 aromatic heterocycles. The fourth-order valence-electron chi connectivity index (χ4n) is 3.00. The first kappa shape index (κ1) is 19.4. The molecule has 1 aliphatic heterocycles. The van der Waals surface area contributed by atoms with Gasteiger partial charge in [0.1, 0.15) is 0 Å². The molecule has 2 aromatic carbocycles. The summed E-state index contributed by atoms with van der Waals surface area (Å²) in [6.45, 7) is 3.42. The Morgan fingerprint density at radius 2 is 1.85 bits per heavy atom. The summed E-state index contributed by atoms with van der Waals surface area (Å²) >= 11 is 11.9. The summed E-state index contributed by atoms with van der Waals surface area (Å²) in [5.41, 5.74) is 1.29. The molecular formula is C18H19Cl2N4O3+. The largest absolute Gasteiger partial charge is 0.360 e. The quantitative estimate of drug-likeness (QED) is 0.600. The van der Waals surface area contributed by atoms with Gasteiger partial charge in [0.2, 0.25) is 0 Å². The molecule has 0 radical (unpaired) electrons. The van der Waals surface area contributed by atoms with E-state index in [4.69, 9.17) is 23.2 Å². The summed E-state index contributed by atoms with van der Waals surface area (Å²) in [5.74, 6) is -0.432. The summed E-state index contributed by atoms with van der Waals surface area (Å²) in [6.07, 6.45) is 0. The summed E-state index contributed by atoms with van der Waals surface area (Å²) in [5, 5.41) is 14.6. The van der Waals surface area contributed by atoms with E-state index < -0.39 is 10.8 Å². The summed E-state index contributed by atoms with van der Waals surface area (Å²) in [6, 6.07) is 9.13. The topological polar surface area (TPSA) is 79.9 Å². The highest BCUT2D eigenvalue weighted by Crippen LogP contribution is 2.28. The number of nitrogens with zero attached hydrogens (tertiary/aromatic N) is 2. The van der Waals surface area contributed by atoms with Crippen LogP contribution < -0.4 is 15.1 Å². The molecule has 1 aliphatic rings. The number of quaternary nitrogens is 1. The van der Waals surface area contributed by atoms with Crippen molar-refractivity contribution in [3.05, 3.63) is 62.1 Å².